The molecule has 0 bridgehead atoms. The smallest absolute Gasteiger partial charge is 0.251 e. The van der Waals surface area contributed by atoms with Crippen molar-refractivity contribution in [2.45, 2.75) is 63.9 Å². The highest BCUT2D eigenvalue weighted by molar-refractivity contribution is 5.95. The summed E-state index contributed by atoms with van der Waals surface area (Å²) in [5.74, 6) is 2.22. The van der Waals surface area contributed by atoms with Crippen molar-refractivity contribution in [3.8, 4) is 5.75 Å². The highest BCUT2D eigenvalue weighted by Gasteiger charge is 2.28. The van der Waals surface area contributed by atoms with E-state index in [1.54, 1.807) is 6.20 Å². The average molecular weight is 484 g/mol. The van der Waals surface area contributed by atoms with Gasteiger partial charge in [0.2, 0.25) is 0 Å². The van der Waals surface area contributed by atoms with Gasteiger partial charge in [0.05, 0.1) is 5.69 Å². The first-order valence-corrected chi connectivity index (χ1v) is 13.5. The summed E-state index contributed by atoms with van der Waals surface area (Å²) in [4.78, 5) is 19.4. The van der Waals surface area contributed by atoms with Crippen LogP contribution < -0.4 is 15.0 Å². The maximum absolute atomic E-state index is 12.9. The van der Waals surface area contributed by atoms with Gasteiger partial charge in [-0.2, -0.15) is 0 Å². The van der Waals surface area contributed by atoms with E-state index >= 15 is 0 Å². The third-order valence-corrected chi connectivity index (χ3v) is 7.55. The number of hydrogen-bond acceptors (Lipinski definition) is 4. The van der Waals surface area contributed by atoms with Gasteiger partial charge in [0.25, 0.3) is 5.91 Å². The van der Waals surface area contributed by atoms with Gasteiger partial charge in [-0.1, -0.05) is 44.2 Å². The van der Waals surface area contributed by atoms with E-state index in [0.29, 0.717) is 18.1 Å². The Morgan fingerprint density at radius 2 is 1.86 bits per heavy atom. The molecule has 1 heterocycles. The lowest BCUT2D eigenvalue weighted by Gasteiger charge is -2.24. The van der Waals surface area contributed by atoms with Crippen LogP contribution in [0.15, 0.2) is 66.9 Å². The minimum atomic E-state index is 0.0155. The number of nitrogens with one attached hydrogen (secondary N) is 1. The molecule has 1 aromatic heterocycles. The Morgan fingerprint density at radius 3 is 2.64 bits per heavy atom. The number of anilines is 2. The van der Waals surface area contributed by atoms with Gasteiger partial charge in [-0.15, -0.1) is 0 Å². The molecule has 36 heavy (non-hydrogen) atoms. The summed E-state index contributed by atoms with van der Waals surface area (Å²) in [6.07, 6.45) is 12.0. The van der Waals surface area contributed by atoms with Crippen LogP contribution in [0.4, 0.5) is 11.4 Å². The first kappa shape index (κ1) is 24.4. The lowest BCUT2D eigenvalue weighted by atomic mass is 9.87. The molecule has 0 aliphatic heterocycles. The molecule has 2 saturated carbocycles. The Hall–Kier alpha value is -3.34. The third kappa shape index (κ3) is 6.26. The molecule has 2 aliphatic rings. The van der Waals surface area contributed by atoms with Gasteiger partial charge in [-0.05, 0) is 85.2 Å². The molecule has 188 valence electrons. The Kier molecular flexibility index (Phi) is 7.85. The summed E-state index contributed by atoms with van der Waals surface area (Å²) < 4.78 is 6.05. The van der Waals surface area contributed by atoms with E-state index in [2.05, 4.69) is 40.4 Å². The van der Waals surface area contributed by atoms with Gasteiger partial charge in [-0.25, -0.2) is 0 Å². The number of benzene rings is 2. The van der Waals surface area contributed by atoms with Crippen LogP contribution in [0.1, 0.15) is 78.9 Å². The monoisotopic (exact) mass is 483 g/mol. The molecule has 0 unspecified atom stereocenters. The second kappa shape index (κ2) is 11.6. The van der Waals surface area contributed by atoms with Crippen LogP contribution in [0.3, 0.4) is 0 Å². The molecule has 5 rings (SSSR count). The van der Waals surface area contributed by atoms with E-state index in [4.69, 9.17) is 4.74 Å². The van der Waals surface area contributed by atoms with Gasteiger partial charge >= 0.3 is 0 Å². The number of nitrogens with zero attached hydrogens (tertiary/aromatic N) is 2. The topological polar surface area (TPSA) is 54.5 Å². The van der Waals surface area contributed by atoms with Crippen molar-refractivity contribution < 1.29 is 9.53 Å². The van der Waals surface area contributed by atoms with Gasteiger partial charge in [0, 0.05) is 36.7 Å². The Balaban J connectivity index is 1.25. The minimum Gasteiger partial charge on any atom is -0.487 e. The number of pyridine rings is 1. The van der Waals surface area contributed by atoms with E-state index in [1.807, 2.05) is 42.5 Å². The van der Waals surface area contributed by atoms with Crippen molar-refractivity contribution in [1.82, 2.24) is 10.3 Å². The quantitative estimate of drug-likeness (QED) is 0.337. The van der Waals surface area contributed by atoms with Crippen LogP contribution in [-0.4, -0.2) is 24.5 Å². The lowest BCUT2D eigenvalue weighted by Crippen LogP contribution is -2.26. The van der Waals surface area contributed by atoms with Gasteiger partial charge in [0.1, 0.15) is 12.4 Å². The van der Waals surface area contributed by atoms with Crippen molar-refractivity contribution in [2.24, 2.45) is 5.92 Å². The molecule has 5 heteroatoms. The van der Waals surface area contributed by atoms with Crippen molar-refractivity contribution in [3.05, 3.63) is 83.7 Å². The molecular weight excluding hydrogens is 446 g/mol. The fourth-order valence-corrected chi connectivity index (χ4v) is 5.25. The molecule has 0 atom stereocenters. The summed E-state index contributed by atoms with van der Waals surface area (Å²) in [5, 5.41) is 3.15. The number of amides is 1. The summed E-state index contributed by atoms with van der Waals surface area (Å²) in [6.45, 7) is 1.22. The Labute approximate surface area is 214 Å². The fraction of sp³-hybridized carbons (Fsp3) is 0.419. The molecule has 2 aliphatic carbocycles. The number of carbonyl (C=O) groups is 1. The zero-order valence-electron chi connectivity index (χ0n) is 21.3. The van der Waals surface area contributed by atoms with E-state index < -0.39 is 0 Å². The van der Waals surface area contributed by atoms with Crippen molar-refractivity contribution in [1.29, 1.82) is 0 Å². The standard InChI is InChI=1S/C31H37N3O2/c1-34(27-12-7-10-25(20-27)31(35)33-19-17-23-8-3-2-4-9-23)30-16-15-28(21-29(30)24-13-14-24)36-22-26-11-5-6-18-32-26/h5-7,10-12,15-16,18,20-21,23-24H,2-4,8-9,13-14,17,19,22H2,1H3,(H,33,35). The number of aromatic nitrogens is 1. The largest absolute Gasteiger partial charge is 0.487 e. The van der Waals surface area contributed by atoms with Crippen LogP contribution >= 0.6 is 0 Å². The molecule has 0 saturated heterocycles. The molecule has 3 aromatic rings. The average Bonchev–Trinajstić information content (AvgIpc) is 3.78. The maximum Gasteiger partial charge on any atom is 0.251 e. The van der Waals surface area contributed by atoms with Crippen LogP contribution in [0.5, 0.6) is 5.75 Å². The Morgan fingerprint density at radius 1 is 1.00 bits per heavy atom. The van der Waals surface area contributed by atoms with Crippen LogP contribution in [0.25, 0.3) is 0 Å². The third-order valence-electron chi connectivity index (χ3n) is 7.55. The molecule has 5 nitrogen and oxygen atoms in total. The summed E-state index contributed by atoms with van der Waals surface area (Å²) in [5.41, 5.74) is 5.11. The molecule has 1 amide bonds. The second-order valence-corrected chi connectivity index (χ2v) is 10.3. The van der Waals surface area contributed by atoms with Gasteiger partial charge in [-0.3, -0.25) is 9.78 Å². The first-order valence-electron chi connectivity index (χ1n) is 13.5. The molecule has 1 N–H and O–H groups in total. The van der Waals surface area contributed by atoms with E-state index in [1.165, 1.54) is 50.5 Å². The SMILES string of the molecule is CN(c1cccc(C(=O)NCCC2CCCCC2)c1)c1ccc(OCc2ccccn2)cc1C1CC1. The highest BCUT2D eigenvalue weighted by Crippen LogP contribution is 2.46. The van der Waals surface area contributed by atoms with Crippen LogP contribution in [-0.2, 0) is 6.61 Å². The Bertz CT molecular complexity index is 1150. The second-order valence-electron chi connectivity index (χ2n) is 10.3. The highest BCUT2D eigenvalue weighted by atomic mass is 16.5. The minimum absolute atomic E-state index is 0.0155. The predicted molar refractivity (Wildman–Crippen MR) is 145 cm³/mol. The summed E-state index contributed by atoms with van der Waals surface area (Å²) >= 11 is 0. The number of ether oxygens (including phenoxy) is 1. The van der Waals surface area contributed by atoms with Crippen molar-refractivity contribution in [2.75, 3.05) is 18.5 Å². The van der Waals surface area contributed by atoms with Crippen molar-refractivity contribution >= 4 is 17.3 Å². The number of rotatable bonds is 10. The zero-order valence-corrected chi connectivity index (χ0v) is 21.3. The van der Waals surface area contributed by atoms with Gasteiger partial charge < -0.3 is 15.0 Å². The summed E-state index contributed by atoms with van der Waals surface area (Å²) in [6, 6.07) is 20.2. The van der Waals surface area contributed by atoms with E-state index in [9.17, 15) is 4.79 Å². The number of carbonyl (C=O) groups excluding carboxylic acids is 1. The lowest BCUT2D eigenvalue weighted by molar-refractivity contribution is 0.0950. The van der Waals surface area contributed by atoms with Crippen LogP contribution in [0, 0.1) is 5.92 Å². The number of hydrogen-bond donors (Lipinski definition) is 1. The first-order chi connectivity index (χ1) is 17.7. The zero-order chi connectivity index (χ0) is 24.7. The molecule has 2 fully saturated rings. The normalized spacial score (nSPS) is 15.9. The molecule has 2 aromatic carbocycles. The molecule has 0 radical (unpaired) electrons. The molecular formula is C31H37N3O2. The molecule has 0 spiro atoms. The van der Waals surface area contributed by atoms with Gasteiger partial charge in [0.15, 0.2) is 0 Å². The van der Waals surface area contributed by atoms with E-state index in [0.717, 1.165) is 41.7 Å². The maximum atomic E-state index is 12.9. The van der Waals surface area contributed by atoms with Crippen LogP contribution in [0.2, 0.25) is 0 Å². The summed E-state index contributed by atoms with van der Waals surface area (Å²) in [7, 11) is 2.08. The van der Waals surface area contributed by atoms with E-state index in [-0.39, 0.29) is 5.91 Å². The predicted octanol–water partition coefficient (Wildman–Crippen LogP) is 7.01. The van der Waals surface area contributed by atoms with Crippen molar-refractivity contribution in [3.63, 3.8) is 0 Å². The fourth-order valence-electron chi connectivity index (χ4n) is 5.25.